The standard InChI is InChI=1S/C21H18BrNO2/c1-15(25-20-14-8-6-12-18(20)22)21(24)23-19-13-7-5-11-17(19)16-9-3-2-4-10-16/h2-15H,1H3,(H,23,24). The molecule has 126 valence electrons. The molecule has 0 radical (unpaired) electrons. The van der Waals surface area contributed by atoms with Gasteiger partial charge in [0.25, 0.3) is 5.91 Å². The molecule has 1 atom stereocenters. The molecule has 0 aromatic heterocycles. The van der Waals surface area contributed by atoms with Crippen molar-refractivity contribution in [1.29, 1.82) is 0 Å². The fourth-order valence-corrected chi connectivity index (χ4v) is 2.86. The molecule has 0 saturated carbocycles. The summed E-state index contributed by atoms with van der Waals surface area (Å²) in [7, 11) is 0. The normalized spacial score (nSPS) is 11.6. The maximum atomic E-state index is 12.6. The van der Waals surface area contributed by atoms with Crippen molar-refractivity contribution in [1.82, 2.24) is 0 Å². The highest BCUT2D eigenvalue weighted by atomic mass is 79.9. The molecule has 3 nitrogen and oxygen atoms in total. The largest absolute Gasteiger partial charge is 0.480 e. The van der Waals surface area contributed by atoms with Gasteiger partial charge in [0.15, 0.2) is 6.10 Å². The number of hydrogen-bond donors (Lipinski definition) is 1. The van der Waals surface area contributed by atoms with Gasteiger partial charge < -0.3 is 10.1 Å². The number of benzene rings is 3. The zero-order valence-corrected chi connectivity index (χ0v) is 15.4. The average molecular weight is 396 g/mol. The third-order valence-electron chi connectivity index (χ3n) is 3.78. The minimum atomic E-state index is -0.623. The van der Waals surface area contributed by atoms with E-state index in [1.165, 1.54) is 0 Å². The van der Waals surface area contributed by atoms with E-state index in [0.29, 0.717) is 5.75 Å². The molecule has 0 spiro atoms. The Balaban J connectivity index is 1.76. The number of ether oxygens (including phenoxy) is 1. The summed E-state index contributed by atoms with van der Waals surface area (Å²) < 4.78 is 6.58. The lowest BCUT2D eigenvalue weighted by molar-refractivity contribution is -0.122. The molecule has 0 fully saturated rings. The van der Waals surface area contributed by atoms with Gasteiger partial charge in [-0.3, -0.25) is 4.79 Å². The van der Waals surface area contributed by atoms with Crippen LogP contribution < -0.4 is 10.1 Å². The third kappa shape index (κ3) is 4.28. The monoisotopic (exact) mass is 395 g/mol. The number of hydrogen-bond acceptors (Lipinski definition) is 2. The first-order valence-electron chi connectivity index (χ1n) is 8.01. The Bertz CT molecular complexity index is 865. The van der Waals surface area contributed by atoms with Gasteiger partial charge in [-0.05, 0) is 46.6 Å². The van der Waals surface area contributed by atoms with Crippen molar-refractivity contribution >= 4 is 27.5 Å². The van der Waals surface area contributed by atoms with Gasteiger partial charge in [-0.1, -0.05) is 60.7 Å². The first kappa shape index (κ1) is 17.2. The van der Waals surface area contributed by atoms with Gasteiger partial charge in [-0.15, -0.1) is 0 Å². The highest BCUT2D eigenvalue weighted by molar-refractivity contribution is 9.10. The Labute approximate surface area is 155 Å². The Kier molecular flexibility index (Phi) is 5.51. The van der Waals surface area contributed by atoms with Crippen LogP contribution in [-0.2, 0) is 4.79 Å². The molecule has 3 aromatic carbocycles. The molecule has 3 aromatic rings. The van der Waals surface area contributed by atoms with Crippen LogP contribution in [0.25, 0.3) is 11.1 Å². The van der Waals surface area contributed by atoms with Crippen molar-refractivity contribution in [3.8, 4) is 16.9 Å². The van der Waals surface area contributed by atoms with Crippen LogP contribution in [0.15, 0.2) is 83.3 Å². The molecule has 0 aliphatic carbocycles. The highest BCUT2D eigenvalue weighted by Gasteiger charge is 2.17. The minimum absolute atomic E-state index is 0.195. The number of anilines is 1. The van der Waals surface area contributed by atoms with Crippen LogP contribution >= 0.6 is 15.9 Å². The smallest absolute Gasteiger partial charge is 0.265 e. The summed E-state index contributed by atoms with van der Waals surface area (Å²) in [6.45, 7) is 1.74. The maximum Gasteiger partial charge on any atom is 0.265 e. The Morgan fingerprint density at radius 3 is 2.32 bits per heavy atom. The molecule has 1 amide bonds. The summed E-state index contributed by atoms with van der Waals surface area (Å²) in [5.41, 5.74) is 2.79. The van der Waals surface area contributed by atoms with Crippen molar-refractivity contribution in [2.45, 2.75) is 13.0 Å². The van der Waals surface area contributed by atoms with Gasteiger partial charge in [-0.25, -0.2) is 0 Å². The molecule has 3 rings (SSSR count). The van der Waals surface area contributed by atoms with Crippen molar-refractivity contribution in [3.05, 3.63) is 83.3 Å². The maximum absolute atomic E-state index is 12.6. The van der Waals surface area contributed by atoms with Crippen molar-refractivity contribution in [3.63, 3.8) is 0 Å². The van der Waals surface area contributed by atoms with Crippen LogP contribution in [0, 0.1) is 0 Å². The number of para-hydroxylation sites is 2. The summed E-state index contributed by atoms with van der Waals surface area (Å²) in [6, 6.07) is 25.2. The fraction of sp³-hybridized carbons (Fsp3) is 0.0952. The first-order chi connectivity index (χ1) is 12.1. The van der Waals surface area contributed by atoms with Crippen LogP contribution in [0.2, 0.25) is 0 Å². The van der Waals surface area contributed by atoms with Crippen LogP contribution in [-0.4, -0.2) is 12.0 Å². The van der Waals surface area contributed by atoms with Crippen LogP contribution in [0.4, 0.5) is 5.69 Å². The molecular weight excluding hydrogens is 378 g/mol. The average Bonchev–Trinajstić information content (AvgIpc) is 2.64. The molecular formula is C21H18BrNO2. The van der Waals surface area contributed by atoms with Gasteiger partial charge in [-0.2, -0.15) is 0 Å². The molecule has 0 heterocycles. The predicted octanol–water partition coefficient (Wildman–Crippen LogP) is 5.52. The number of carbonyl (C=O) groups excluding carboxylic acids is 1. The van der Waals surface area contributed by atoms with Gasteiger partial charge in [0.2, 0.25) is 0 Å². The lowest BCUT2D eigenvalue weighted by Gasteiger charge is -2.17. The quantitative estimate of drug-likeness (QED) is 0.617. The fourth-order valence-electron chi connectivity index (χ4n) is 2.48. The van der Waals surface area contributed by atoms with Gasteiger partial charge in [0.05, 0.1) is 4.47 Å². The lowest BCUT2D eigenvalue weighted by Crippen LogP contribution is -2.30. The second-order valence-electron chi connectivity index (χ2n) is 5.59. The first-order valence-corrected chi connectivity index (χ1v) is 8.81. The van der Waals surface area contributed by atoms with Crippen LogP contribution in [0.1, 0.15) is 6.92 Å². The number of carbonyl (C=O) groups is 1. The molecule has 0 saturated heterocycles. The van der Waals surface area contributed by atoms with E-state index >= 15 is 0 Å². The molecule has 25 heavy (non-hydrogen) atoms. The summed E-state index contributed by atoms with van der Waals surface area (Å²) in [5, 5.41) is 2.97. The highest BCUT2D eigenvalue weighted by Crippen LogP contribution is 2.28. The number of rotatable bonds is 5. The van der Waals surface area contributed by atoms with E-state index in [0.717, 1.165) is 21.3 Å². The molecule has 1 N–H and O–H groups in total. The number of amides is 1. The molecule has 0 bridgehead atoms. The second kappa shape index (κ2) is 7.99. The van der Waals surface area contributed by atoms with Gasteiger partial charge >= 0.3 is 0 Å². The van der Waals surface area contributed by atoms with E-state index in [-0.39, 0.29) is 5.91 Å². The zero-order chi connectivity index (χ0) is 17.6. The number of nitrogens with one attached hydrogen (secondary N) is 1. The molecule has 0 aliphatic heterocycles. The molecule has 1 unspecified atom stereocenters. The Hall–Kier alpha value is -2.59. The van der Waals surface area contributed by atoms with Gasteiger partial charge in [0, 0.05) is 11.3 Å². The van der Waals surface area contributed by atoms with E-state index in [1.54, 1.807) is 6.92 Å². The van der Waals surface area contributed by atoms with Gasteiger partial charge in [0.1, 0.15) is 5.75 Å². The lowest BCUT2D eigenvalue weighted by atomic mass is 10.0. The van der Waals surface area contributed by atoms with E-state index in [4.69, 9.17) is 4.74 Å². The Morgan fingerprint density at radius 2 is 1.56 bits per heavy atom. The van der Waals surface area contributed by atoms with E-state index in [1.807, 2.05) is 78.9 Å². The molecule has 0 aliphatic rings. The van der Waals surface area contributed by atoms with Crippen LogP contribution in [0.5, 0.6) is 5.75 Å². The van der Waals surface area contributed by atoms with Crippen molar-refractivity contribution in [2.75, 3.05) is 5.32 Å². The van der Waals surface area contributed by atoms with Crippen LogP contribution in [0.3, 0.4) is 0 Å². The topological polar surface area (TPSA) is 38.3 Å². The van der Waals surface area contributed by atoms with E-state index < -0.39 is 6.10 Å². The second-order valence-corrected chi connectivity index (χ2v) is 6.45. The van der Waals surface area contributed by atoms with E-state index in [9.17, 15) is 4.79 Å². The summed E-state index contributed by atoms with van der Waals surface area (Å²) in [5.74, 6) is 0.445. The number of halogens is 1. The summed E-state index contributed by atoms with van der Waals surface area (Å²) >= 11 is 3.43. The van der Waals surface area contributed by atoms with Crippen molar-refractivity contribution < 1.29 is 9.53 Å². The summed E-state index contributed by atoms with van der Waals surface area (Å²) in [6.07, 6.45) is -0.623. The molecule has 4 heteroatoms. The summed E-state index contributed by atoms with van der Waals surface area (Å²) in [4.78, 5) is 12.6. The Morgan fingerprint density at radius 1 is 0.920 bits per heavy atom. The SMILES string of the molecule is CC(Oc1ccccc1Br)C(=O)Nc1ccccc1-c1ccccc1. The van der Waals surface area contributed by atoms with Crippen molar-refractivity contribution in [2.24, 2.45) is 0 Å². The zero-order valence-electron chi connectivity index (χ0n) is 13.8. The predicted molar refractivity (Wildman–Crippen MR) is 105 cm³/mol. The third-order valence-corrected chi connectivity index (χ3v) is 4.43. The van der Waals surface area contributed by atoms with E-state index in [2.05, 4.69) is 21.2 Å². The minimum Gasteiger partial charge on any atom is -0.480 e.